The molecule has 15 heteroatoms. The van der Waals surface area contributed by atoms with Crippen LogP contribution in [0.15, 0.2) is 30.3 Å². The van der Waals surface area contributed by atoms with Crippen LogP contribution in [0.4, 0.5) is 51.1 Å². The Hall–Kier alpha value is -3.52. The first-order chi connectivity index (χ1) is 17.5. The highest BCUT2D eigenvalue weighted by atomic mass is 19.4. The largest absolute Gasteiger partial charge is 0.416 e. The smallest absolute Gasteiger partial charge is 0.385 e. The number of halogens is 9. The molecule has 3 aromatic rings. The number of rotatable bonds is 4. The van der Waals surface area contributed by atoms with Crippen molar-refractivity contribution in [2.75, 3.05) is 16.8 Å². The van der Waals surface area contributed by atoms with E-state index in [9.17, 15) is 39.5 Å². The lowest BCUT2D eigenvalue weighted by molar-refractivity contribution is -0.143. The molecule has 2 heterocycles. The molecule has 0 bridgehead atoms. The molecule has 0 amide bonds. The highest BCUT2D eigenvalue weighted by Crippen LogP contribution is 2.42. The predicted octanol–water partition coefficient (Wildman–Crippen LogP) is 6.53. The van der Waals surface area contributed by atoms with Gasteiger partial charge in [-0.2, -0.15) is 44.3 Å². The minimum absolute atomic E-state index is 0.0291. The summed E-state index contributed by atoms with van der Waals surface area (Å²) in [6.07, 6.45) is -14.0. The van der Waals surface area contributed by atoms with E-state index in [0.29, 0.717) is 37.1 Å². The molecule has 6 nitrogen and oxygen atoms in total. The van der Waals surface area contributed by atoms with Gasteiger partial charge < -0.3 is 10.2 Å². The molecule has 1 aliphatic heterocycles. The monoisotopic (exact) mass is 552 g/mol. The van der Waals surface area contributed by atoms with Gasteiger partial charge in [-0.25, -0.2) is 0 Å². The second-order valence-electron chi connectivity index (χ2n) is 8.96. The molecule has 206 valence electrons. The molecular formula is C23H21F9N6. The van der Waals surface area contributed by atoms with Crippen LogP contribution in [-0.4, -0.2) is 26.8 Å². The predicted molar refractivity (Wildman–Crippen MR) is 118 cm³/mol. The second kappa shape index (κ2) is 9.66. The van der Waals surface area contributed by atoms with Gasteiger partial charge in [-0.1, -0.05) is 11.2 Å². The van der Waals surface area contributed by atoms with Crippen LogP contribution in [0.3, 0.4) is 0 Å². The SMILES string of the molecule is Cc1cc2c(cc1C(F)(F)F)NCCCC2N(Cc1cc(C(F)(F)F)cc(C(F)(F)F)c1)c1nnn(C)n1. The standard InChI is InChI=1S/C23H21F9N6/c1-12-6-16-18(10-17(12)23(30,31)32)33-5-3-4-19(16)38(20-34-36-37(2)35-20)11-13-7-14(21(24,25)26)9-15(8-13)22(27,28)29/h6-10,19,33H,3-5,11H2,1-2H3. The van der Waals surface area contributed by atoms with Gasteiger partial charge in [0.25, 0.3) is 5.95 Å². The van der Waals surface area contributed by atoms with Gasteiger partial charge in [0, 0.05) is 18.8 Å². The van der Waals surface area contributed by atoms with E-state index in [2.05, 4.69) is 20.7 Å². The van der Waals surface area contributed by atoms with Crippen molar-refractivity contribution in [3.63, 3.8) is 0 Å². The fourth-order valence-electron chi connectivity index (χ4n) is 4.48. The molecule has 0 fully saturated rings. The third-order valence-electron chi connectivity index (χ3n) is 6.16. The van der Waals surface area contributed by atoms with Gasteiger partial charge in [-0.3, -0.25) is 0 Å². The Bertz CT molecular complexity index is 1280. The first kappa shape index (κ1) is 27.5. The topological polar surface area (TPSA) is 58.9 Å². The van der Waals surface area contributed by atoms with E-state index in [1.807, 2.05) is 0 Å². The average Bonchev–Trinajstić information content (AvgIpc) is 3.11. The second-order valence-corrected chi connectivity index (χ2v) is 8.96. The molecule has 1 N–H and O–H groups in total. The maximum Gasteiger partial charge on any atom is 0.416 e. The molecule has 0 aliphatic carbocycles. The van der Waals surface area contributed by atoms with Crippen molar-refractivity contribution in [2.24, 2.45) is 7.05 Å². The van der Waals surface area contributed by atoms with Crippen LogP contribution in [0.25, 0.3) is 0 Å². The summed E-state index contributed by atoms with van der Waals surface area (Å²) >= 11 is 0. The Morgan fingerprint density at radius 2 is 1.55 bits per heavy atom. The lowest BCUT2D eigenvalue weighted by Crippen LogP contribution is -2.30. The van der Waals surface area contributed by atoms with Crippen molar-refractivity contribution in [1.29, 1.82) is 0 Å². The number of aryl methyl sites for hydroxylation is 2. The fourth-order valence-corrected chi connectivity index (χ4v) is 4.48. The third-order valence-corrected chi connectivity index (χ3v) is 6.16. The van der Waals surface area contributed by atoms with E-state index in [1.165, 1.54) is 24.9 Å². The number of hydrogen-bond donors (Lipinski definition) is 1. The van der Waals surface area contributed by atoms with E-state index >= 15 is 0 Å². The summed E-state index contributed by atoms with van der Waals surface area (Å²) in [7, 11) is 1.42. The van der Waals surface area contributed by atoms with Crippen molar-refractivity contribution >= 4 is 11.6 Å². The maximum absolute atomic E-state index is 13.5. The molecular weight excluding hydrogens is 531 g/mol. The fraction of sp³-hybridized carbons (Fsp3) is 0.435. The molecule has 0 saturated heterocycles. The summed E-state index contributed by atoms with van der Waals surface area (Å²) < 4.78 is 121. The van der Waals surface area contributed by atoms with Crippen LogP contribution < -0.4 is 10.2 Å². The summed E-state index contributed by atoms with van der Waals surface area (Å²) in [6.45, 7) is 1.08. The molecule has 2 aromatic carbocycles. The van der Waals surface area contributed by atoms with E-state index < -0.39 is 47.8 Å². The van der Waals surface area contributed by atoms with Crippen LogP contribution in [-0.2, 0) is 32.1 Å². The lowest BCUT2D eigenvalue weighted by atomic mass is 9.94. The van der Waals surface area contributed by atoms with Gasteiger partial charge >= 0.3 is 18.5 Å². The van der Waals surface area contributed by atoms with Gasteiger partial charge in [0.15, 0.2) is 0 Å². The Morgan fingerprint density at radius 1 is 0.921 bits per heavy atom. The quantitative estimate of drug-likeness (QED) is 0.373. The van der Waals surface area contributed by atoms with E-state index in [1.54, 1.807) is 0 Å². The lowest BCUT2D eigenvalue weighted by Gasteiger charge is -2.32. The highest BCUT2D eigenvalue weighted by Gasteiger charge is 2.38. The van der Waals surface area contributed by atoms with Crippen LogP contribution >= 0.6 is 0 Å². The molecule has 0 spiro atoms. The van der Waals surface area contributed by atoms with Gasteiger partial charge in [-0.15, -0.1) is 5.10 Å². The van der Waals surface area contributed by atoms with Crippen LogP contribution in [0.5, 0.6) is 0 Å². The van der Waals surface area contributed by atoms with Crippen molar-refractivity contribution in [3.8, 4) is 0 Å². The molecule has 38 heavy (non-hydrogen) atoms. The van der Waals surface area contributed by atoms with E-state index in [4.69, 9.17) is 0 Å². The number of hydrogen-bond acceptors (Lipinski definition) is 5. The summed E-state index contributed by atoms with van der Waals surface area (Å²) in [4.78, 5) is 2.42. The Kier molecular flexibility index (Phi) is 6.99. The first-order valence-electron chi connectivity index (χ1n) is 11.3. The minimum atomic E-state index is -5.05. The maximum atomic E-state index is 13.5. The molecule has 4 rings (SSSR count). The van der Waals surface area contributed by atoms with Crippen LogP contribution in [0.1, 0.15) is 52.3 Å². The van der Waals surface area contributed by atoms with Gasteiger partial charge in [-0.05, 0) is 65.9 Å². The summed E-state index contributed by atoms with van der Waals surface area (Å²) in [5.74, 6) is -0.103. The molecule has 1 aliphatic rings. The number of nitrogens with zero attached hydrogens (tertiary/aromatic N) is 5. The zero-order valence-corrected chi connectivity index (χ0v) is 19.9. The molecule has 0 radical (unpaired) electrons. The van der Waals surface area contributed by atoms with Gasteiger partial charge in [0.05, 0.1) is 29.8 Å². The Balaban J connectivity index is 1.86. The van der Waals surface area contributed by atoms with Crippen LogP contribution in [0, 0.1) is 6.92 Å². The number of anilines is 2. The number of fused-ring (bicyclic) bond motifs is 1. The van der Waals surface area contributed by atoms with E-state index in [0.717, 1.165) is 10.9 Å². The Morgan fingerprint density at radius 3 is 2.08 bits per heavy atom. The first-order valence-corrected chi connectivity index (χ1v) is 11.3. The summed E-state index contributed by atoms with van der Waals surface area (Å²) in [5, 5.41) is 14.6. The van der Waals surface area contributed by atoms with Crippen LogP contribution in [0.2, 0.25) is 0 Å². The van der Waals surface area contributed by atoms with Crippen molar-refractivity contribution in [3.05, 3.63) is 63.7 Å². The molecule has 0 saturated carbocycles. The van der Waals surface area contributed by atoms with Gasteiger partial charge in [0.1, 0.15) is 0 Å². The molecule has 1 aromatic heterocycles. The number of tetrazole rings is 1. The van der Waals surface area contributed by atoms with Crippen molar-refractivity contribution in [2.45, 2.75) is 50.9 Å². The number of aromatic nitrogens is 4. The summed E-state index contributed by atoms with van der Waals surface area (Å²) in [5.41, 5.74) is -3.72. The van der Waals surface area contributed by atoms with Crippen molar-refractivity contribution in [1.82, 2.24) is 20.2 Å². The zero-order chi connectivity index (χ0) is 28.0. The van der Waals surface area contributed by atoms with Crippen molar-refractivity contribution < 1.29 is 39.5 Å². The third kappa shape index (κ3) is 5.80. The minimum Gasteiger partial charge on any atom is -0.385 e. The van der Waals surface area contributed by atoms with Gasteiger partial charge in [0.2, 0.25) is 0 Å². The van der Waals surface area contributed by atoms with E-state index in [-0.39, 0.29) is 28.8 Å². The normalized spacial score (nSPS) is 16.6. The highest BCUT2D eigenvalue weighted by molar-refractivity contribution is 5.60. The Labute approximate surface area is 210 Å². The average molecular weight is 552 g/mol. The molecule has 1 unspecified atom stereocenters. The molecule has 1 atom stereocenters. The number of nitrogens with one attached hydrogen (secondary N) is 1. The zero-order valence-electron chi connectivity index (χ0n) is 19.9. The number of alkyl halides is 9. The number of benzene rings is 2. The summed E-state index contributed by atoms with van der Waals surface area (Å²) in [6, 6.07) is 2.73.